The number of sulfonamides is 1. The first-order valence-corrected chi connectivity index (χ1v) is 13.5. The molecular weight excluding hydrogens is 564 g/mol. The van der Waals surface area contributed by atoms with Gasteiger partial charge in [-0.1, -0.05) is 27.5 Å². The molecule has 188 valence electrons. The van der Waals surface area contributed by atoms with Crippen molar-refractivity contribution in [2.24, 2.45) is 5.92 Å². The number of hydrogen-bond donors (Lipinski definition) is 1. The molecule has 35 heavy (non-hydrogen) atoms. The second kappa shape index (κ2) is 11.9. The fraction of sp³-hybridized carbons (Fsp3) is 0.348. The van der Waals surface area contributed by atoms with Gasteiger partial charge in [0.15, 0.2) is 6.61 Å². The van der Waals surface area contributed by atoms with Crippen LogP contribution in [0.5, 0.6) is 0 Å². The lowest BCUT2D eigenvalue weighted by molar-refractivity contribution is -0.151. The molecule has 1 amide bonds. The van der Waals surface area contributed by atoms with Crippen LogP contribution in [0.3, 0.4) is 0 Å². The third-order valence-electron chi connectivity index (χ3n) is 5.36. The molecule has 1 saturated heterocycles. The Balaban J connectivity index is 1.60. The van der Waals surface area contributed by atoms with Gasteiger partial charge in [-0.25, -0.2) is 13.2 Å². The van der Waals surface area contributed by atoms with Crippen molar-refractivity contribution < 1.29 is 32.3 Å². The Morgan fingerprint density at radius 3 is 2.37 bits per heavy atom. The molecule has 0 aromatic heterocycles. The van der Waals surface area contributed by atoms with E-state index in [1.54, 1.807) is 31.2 Å². The lowest BCUT2D eigenvalue weighted by Crippen LogP contribution is -2.42. The summed E-state index contributed by atoms with van der Waals surface area (Å²) in [6.07, 6.45) is 0.936. The van der Waals surface area contributed by atoms with E-state index in [9.17, 15) is 22.8 Å². The number of nitrogens with zero attached hydrogens (tertiary/aromatic N) is 1. The first kappa shape index (κ1) is 27.0. The fourth-order valence-corrected chi connectivity index (χ4v) is 5.02. The van der Waals surface area contributed by atoms with Gasteiger partial charge in [0, 0.05) is 23.2 Å². The van der Waals surface area contributed by atoms with Gasteiger partial charge in [-0.3, -0.25) is 14.3 Å². The van der Waals surface area contributed by atoms with Crippen molar-refractivity contribution in [3.8, 4) is 0 Å². The minimum absolute atomic E-state index is 0.0136. The number of ether oxygens (including phenoxy) is 2. The van der Waals surface area contributed by atoms with Crippen molar-refractivity contribution in [2.45, 2.75) is 24.7 Å². The van der Waals surface area contributed by atoms with Crippen LogP contribution in [0.2, 0.25) is 5.02 Å². The van der Waals surface area contributed by atoms with Crippen LogP contribution in [0.1, 0.15) is 30.1 Å². The van der Waals surface area contributed by atoms with Gasteiger partial charge in [0.2, 0.25) is 0 Å². The van der Waals surface area contributed by atoms with Crippen molar-refractivity contribution in [3.05, 3.63) is 57.5 Å². The molecule has 0 saturated carbocycles. The van der Waals surface area contributed by atoms with Gasteiger partial charge >= 0.3 is 11.9 Å². The molecule has 12 heteroatoms. The predicted octanol–water partition coefficient (Wildman–Crippen LogP) is 3.86. The quantitative estimate of drug-likeness (QED) is 0.466. The van der Waals surface area contributed by atoms with Gasteiger partial charge in [0.05, 0.1) is 28.0 Å². The molecule has 3 rings (SSSR count). The number of anilines is 1. The number of piperidine rings is 1. The molecule has 0 bridgehead atoms. The molecule has 1 fully saturated rings. The van der Waals surface area contributed by atoms with E-state index in [1.165, 1.54) is 17.0 Å². The molecule has 1 aliphatic heterocycles. The van der Waals surface area contributed by atoms with Crippen LogP contribution in [0, 0.1) is 5.92 Å². The van der Waals surface area contributed by atoms with E-state index in [0.29, 0.717) is 38.2 Å². The van der Waals surface area contributed by atoms with Crippen LogP contribution in [0.25, 0.3) is 0 Å². The highest BCUT2D eigenvalue weighted by molar-refractivity contribution is 9.10. The summed E-state index contributed by atoms with van der Waals surface area (Å²) in [5, 5.41) is -0.0136. The number of nitrogens with one attached hydrogen (secondary N) is 1. The Bertz CT molecular complexity index is 1200. The van der Waals surface area contributed by atoms with Crippen molar-refractivity contribution in [3.63, 3.8) is 0 Å². The second-order valence-corrected chi connectivity index (χ2v) is 10.7. The highest BCUT2D eigenvalue weighted by atomic mass is 79.9. The van der Waals surface area contributed by atoms with E-state index in [1.807, 2.05) is 0 Å². The lowest BCUT2D eigenvalue weighted by atomic mass is 9.97. The summed E-state index contributed by atoms with van der Waals surface area (Å²) in [7, 11) is -4.01. The number of amides is 1. The molecule has 2 aromatic rings. The highest BCUT2D eigenvalue weighted by Crippen LogP contribution is 2.24. The molecule has 1 aliphatic rings. The number of hydrogen-bond acceptors (Lipinski definition) is 7. The zero-order valence-electron chi connectivity index (χ0n) is 18.8. The monoisotopic (exact) mass is 586 g/mol. The van der Waals surface area contributed by atoms with Crippen LogP contribution >= 0.6 is 27.5 Å². The predicted molar refractivity (Wildman–Crippen MR) is 133 cm³/mol. The van der Waals surface area contributed by atoms with Crippen molar-refractivity contribution in [1.29, 1.82) is 0 Å². The summed E-state index contributed by atoms with van der Waals surface area (Å²) >= 11 is 9.37. The van der Waals surface area contributed by atoms with Crippen molar-refractivity contribution in [2.75, 3.05) is 31.0 Å². The van der Waals surface area contributed by atoms with E-state index in [4.69, 9.17) is 21.1 Å². The van der Waals surface area contributed by atoms with Gasteiger partial charge < -0.3 is 14.4 Å². The normalized spacial score (nSPS) is 14.3. The summed E-state index contributed by atoms with van der Waals surface area (Å²) in [4.78, 5) is 38.2. The van der Waals surface area contributed by atoms with Crippen LogP contribution in [0.15, 0.2) is 51.8 Å². The summed E-state index contributed by atoms with van der Waals surface area (Å²) in [5.41, 5.74) is 0.156. The van der Waals surface area contributed by atoms with Gasteiger partial charge in [-0.15, -0.1) is 0 Å². The number of carbonyl (C=O) groups is 3. The third-order valence-corrected chi connectivity index (χ3v) is 7.60. The lowest BCUT2D eigenvalue weighted by Gasteiger charge is -2.30. The number of likely N-dealkylation sites (tertiary alicyclic amines) is 1. The number of rotatable bonds is 8. The molecule has 1 heterocycles. The van der Waals surface area contributed by atoms with Gasteiger partial charge in [-0.05, 0) is 62.2 Å². The van der Waals surface area contributed by atoms with E-state index in [2.05, 4.69) is 20.7 Å². The zero-order chi connectivity index (χ0) is 25.6. The van der Waals surface area contributed by atoms with E-state index >= 15 is 0 Å². The average molecular weight is 588 g/mol. The molecular formula is C23H24BrClN2O7S. The molecule has 1 N–H and O–H groups in total. The Kier molecular flexibility index (Phi) is 9.15. The minimum Gasteiger partial charge on any atom is -0.466 e. The highest BCUT2D eigenvalue weighted by Gasteiger charge is 2.29. The maximum Gasteiger partial charge on any atom is 0.340 e. The van der Waals surface area contributed by atoms with E-state index in [-0.39, 0.29) is 27.4 Å². The molecule has 2 aromatic carbocycles. The van der Waals surface area contributed by atoms with E-state index < -0.39 is 28.5 Å². The third kappa shape index (κ3) is 7.18. The topological polar surface area (TPSA) is 119 Å². The van der Waals surface area contributed by atoms with Crippen LogP contribution < -0.4 is 4.72 Å². The molecule has 0 radical (unpaired) electrons. The second-order valence-electron chi connectivity index (χ2n) is 7.74. The van der Waals surface area contributed by atoms with Crippen LogP contribution in [-0.2, 0) is 29.1 Å². The van der Waals surface area contributed by atoms with Gasteiger partial charge in [0.25, 0.3) is 15.9 Å². The molecule has 9 nitrogen and oxygen atoms in total. The SMILES string of the molecule is CCOC(=O)C1CCN(C(=O)COC(=O)c2cc(S(=O)(=O)Nc3ccc(Br)cc3)ccc2Cl)CC1. The van der Waals surface area contributed by atoms with Crippen LogP contribution in [-0.4, -0.2) is 57.5 Å². The van der Waals surface area contributed by atoms with Gasteiger partial charge in [0.1, 0.15) is 0 Å². The standard InChI is InChI=1S/C23H24BrClN2O7S/c1-2-33-22(29)15-9-11-27(12-10-15)21(28)14-34-23(30)19-13-18(7-8-20(19)25)35(31,32)26-17-5-3-16(24)4-6-17/h3-8,13,15,26H,2,9-12,14H2,1H3. The average Bonchev–Trinajstić information content (AvgIpc) is 2.84. The molecule has 0 atom stereocenters. The summed E-state index contributed by atoms with van der Waals surface area (Å²) in [5.74, 6) is -1.87. The Labute approximate surface area is 216 Å². The summed E-state index contributed by atoms with van der Waals surface area (Å²) in [6, 6.07) is 10.1. The zero-order valence-corrected chi connectivity index (χ0v) is 22.0. The first-order valence-electron chi connectivity index (χ1n) is 10.8. The van der Waals surface area contributed by atoms with Crippen molar-refractivity contribution in [1.82, 2.24) is 4.90 Å². The summed E-state index contributed by atoms with van der Waals surface area (Å²) in [6.45, 7) is 2.19. The largest absolute Gasteiger partial charge is 0.466 e. The Morgan fingerprint density at radius 1 is 1.09 bits per heavy atom. The number of benzene rings is 2. The van der Waals surface area contributed by atoms with Crippen LogP contribution in [0.4, 0.5) is 5.69 Å². The van der Waals surface area contributed by atoms with E-state index in [0.717, 1.165) is 10.5 Å². The maximum atomic E-state index is 12.7. The molecule has 0 unspecified atom stereocenters. The summed E-state index contributed by atoms with van der Waals surface area (Å²) < 4.78 is 38.8. The minimum atomic E-state index is -4.01. The van der Waals surface area contributed by atoms with Crippen molar-refractivity contribution >= 4 is 61.1 Å². The van der Waals surface area contributed by atoms with Gasteiger partial charge in [-0.2, -0.15) is 0 Å². The molecule has 0 aliphatic carbocycles. The maximum absolute atomic E-state index is 12.7. The first-order chi connectivity index (χ1) is 16.6. The number of halogens is 2. The molecule has 0 spiro atoms. The Morgan fingerprint density at radius 2 is 1.74 bits per heavy atom. The number of esters is 2. The smallest absolute Gasteiger partial charge is 0.340 e. The fourth-order valence-electron chi connectivity index (χ4n) is 3.48. The number of carbonyl (C=O) groups excluding carboxylic acids is 3. The Hall–Kier alpha value is -2.63.